The van der Waals surface area contributed by atoms with Crippen LogP contribution < -0.4 is 4.18 Å². The second kappa shape index (κ2) is 16.2. The normalized spacial score (nSPS) is 12.8. The highest BCUT2D eigenvalue weighted by Crippen LogP contribution is 2.45. The Labute approximate surface area is 296 Å². The molecule has 49 heavy (non-hydrogen) atoms. The van der Waals surface area contributed by atoms with Crippen molar-refractivity contribution in [2.45, 2.75) is 113 Å². The van der Waals surface area contributed by atoms with Crippen molar-refractivity contribution in [3.8, 4) is 28.7 Å². The van der Waals surface area contributed by atoms with Crippen molar-refractivity contribution < 1.29 is 28.8 Å². The minimum atomic E-state index is -1.91. The standard InChI is InChI=1S/C24H34O2.C18H22O4S/c1-14-9-16(3)22(25)20(11-14)19(13-18(5)24(6,7)8)21-12-15(2)10-17(4)23(21)26;1-5-6-14-8-12(3)10-16(18(14)20)23(21)22-15-9-11(2)7-13(4)17(15)19/h9-12,18-19,25-26H,13H2,1-8H3;7-10,19-20H,5-6H2,1-4H3. The SMILES string of the molecule is CCCc1cc(C)cc(S(=O)Oc2cc(C)cc(C)c2O)c1O.Cc1cc(C)c(O)c(C(CC(C)C(C)(C)C)c2cc(C)cc(C)c2O)c1. The van der Waals surface area contributed by atoms with Gasteiger partial charge in [0.2, 0.25) is 11.1 Å². The lowest BCUT2D eigenvalue weighted by Gasteiger charge is -2.32. The Balaban J connectivity index is 0.000000267. The zero-order valence-electron chi connectivity index (χ0n) is 31.4. The van der Waals surface area contributed by atoms with Gasteiger partial charge in [0.15, 0.2) is 11.5 Å². The predicted molar refractivity (Wildman–Crippen MR) is 202 cm³/mol. The Kier molecular flexibility index (Phi) is 13.0. The Bertz CT molecular complexity index is 1760. The third-order valence-corrected chi connectivity index (χ3v) is 10.3. The molecule has 0 spiro atoms. The van der Waals surface area contributed by atoms with Crippen LogP contribution >= 0.6 is 0 Å². The number of hydrogen-bond donors (Lipinski definition) is 4. The maximum absolute atomic E-state index is 12.5. The van der Waals surface area contributed by atoms with Crippen LogP contribution in [0.25, 0.3) is 0 Å². The molecule has 0 radical (unpaired) electrons. The molecule has 0 aromatic heterocycles. The topological polar surface area (TPSA) is 107 Å². The minimum absolute atomic E-state index is 0.000326. The van der Waals surface area contributed by atoms with Crippen LogP contribution in [0.2, 0.25) is 0 Å². The first-order valence-corrected chi connectivity index (χ1v) is 18.2. The zero-order chi connectivity index (χ0) is 37.0. The molecule has 0 aliphatic carbocycles. The Morgan fingerprint density at radius 1 is 0.653 bits per heavy atom. The maximum Gasteiger partial charge on any atom is 0.244 e. The molecule has 4 aromatic carbocycles. The Morgan fingerprint density at radius 3 is 1.57 bits per heavy atom. The van der Waals surface area contributed by atoms with Crippen LogP contribution in [0.3, 0.4) is 0 Å². The van der Waals surface area contributed by atoms with Crippen molar-refractivity contribution in [3.05, 3.63) is 104 Å². The quantitative estimate of drug-likeness (QED) is 0.139. The molecule has 4 aromatic rings. The summed E-state index contributed by atoms with van der Waals surface area (Å²) in [6, 6.07) is 15.1. The van der Waals surface area contributed by atoms with Crippen molar-refractivity contribution in [1.82, 2.24) is 0 Å². The smallest absolute Gasteiger partial charge is 0.244 e. The van der Waals surface area contributed by atoms with Crippen molar-refractivity contribution in [2.24, 2.45) is 11.3 Å². The van der Waals surface area contributed by atoms with Gasteiger partial charge >= 0.3 is 0 Å². The summed E-state index contributed by atoms with van der Waals surface area (Å²) in [5, 5.41) is 42.0. The summed E-state index contributed by atoms with van der Waals surface area (Å²) in [5.74, 6) is 1.19. The summed E-state index contributed by atoms with van der Waals surface area (Å²) >= 11 is -1.91. The van der Waals surface area contributed by atoms with Gasteiger partial charge < -0.3 is 24.6 Å². The van der Waals surface area contributed by atoms with Crippen molar-refractivity contribution in [2.75, 3.05) is 0 Å². The van der Waals surface area contributed by atoms with E-state index in [1.807, 2.05) is 58.9 Å². The van der Waals surface area contributed by atoms with Gasteiger partial charge in [0, 0.05) is 17.0 Å². The molecule has 6 nitrogen and oxygen atoms in total. The van der Waals surface area contributed by atoms with Crippen molar-refractivity contribution in [3.63, 3.8) is 0 Å². The van der Waals surface area contributed by atoms with E-state index < -0.39 is 11.1 Å². The molecule has 0 heterocycles. The third-order valence-electron chi connectivity index (χ3n) is 9.34. The van der Waals surface area contributed by atoms with E-state index in [4.69, 9.17) is 4.18 Å². The summed E-state index contributed by atoms with van der Waals surface area (Å²) < 4.78 is 18.0. The molecule has 0 saturated carbocycles. The lowest BCUT2D eigenvalue weighted by Crippen LogP contribution is -2.20. The molecule has 0 aliphatic heterocycles. The second-order valence-electron chi connectivity index (χ2n) is 14.9. The molecule has 0 aliphatic rings. The van der Waals surface area contributed by atoms with Crippen LogP contribution in [0.1, 0.15) is 109 Å². The van der Waals surface area contributed by atoms with E-state index in [1.165, 1.54) is 0 Å². The Morgan fingerprint density at radius 2 is 1.10 bits per heavy atom. The number of phenolic OH excluding ortho intramolecular Hbond substituents is 4. The first kappa shape index (κ1) is 39.5. The van der Waals surface area contributed by atoms with E-state index in [0.717, 1.165) is 62.9 Å². The molecule has 0 saturated heterocycles. The number of hydrogen-bond acceptors (Lipinski definition) is 6. The highest BCUT2D eigenvalue weighted by molar-refractivity contribution is 7.80. The van der Waals surface area contributed by atoms with Gasteiger partial charge in [-0.2, -0.15) is 0 Å². The average Bonchev–Trinajstić information content (AvgIpc) is 2.99. The van der Waals surface area contributed by atoms with Crippen LogP contribution in [0.5, 0.6) is 28.7 Å². The molecule has 0 bridgehead atoms. The second-order valence-corrected chi connectivity index (χ2v) is 15.9. The molecule has 0 amide bonds. The van der Waals surface area contributed by atoms with Crippen LogP contribution in [-0.4, -0.2) is 24.6 Å². The maximum atomic E-state index is 12.5. The van der Waals surface area contributed by atoms with Crippen LogP contribution in [0, 0.1) is 59.8 Å². The zero-order valence-corrected chi connectivity index (χ0v) is 32.2. The van der Waals surface area contributed by atoms with Crippen LogP contribution in [0.4, 0.5) is 0 Å². The molecule has 7 heteroatoms. The summed E-state index contributed by atoms with van der Waals surface area (Å²) in [6.45, 7) is 24.5. The lowest BCUT2D eigenvalue weighted by molar-refractivity contribution is 0.237. The van der Waals surface area contributed by atoms with Gasteiger partial charge in [-0.25, -0.2) is 4.21 Å². The fourth-order valence-corrected chi connectivity index (χ4v) is 7.11. The van der Waals surface area contributed by atoms with E-state index in [1.54, 1.807) is 19.1 Å². The van der Waals surface area contributed by atoms with Crippen LogP contribution in [0.15, 0.2) is 53.4 Å². The summed E-state index contributed by atoms with van der Waals surface area (Å²) in [5.41, 5.74) is 9.23. The van der Waals surface area contributed by atoms with Gasteiger partial charge in [-0.3, -0.25) is 0 Å². The van der Waals surface area contributed by atoms with Gasteiger partial charge in [-0.15, -0.1) is 0 Å². The van der Waals surface area contributed by atoms with Gasteiger partial charge in [-0.05, 0) is 118 Å². The molecular formula is C42H56O6S. The summed E-state index contributed by atoms with van der Waals surface area (Å²) in [4.78, 5) is 0.229. The van der Waals surface area contributed by atoms with Crippen molar-refractivity contribution >= 4 is 11.1 Å². The first-order chi connectivity index (χ1) is 22.7. The number of aryl methyl sites for hydroxylation is 8. The summed E-state index contributed by atoms with van der Waals surface area (Å²) in [6.07, 6.45) is 2.45. The van der Waals surface area contributed by atoms with Crippen LogP contribution in [-0.2, 0) is 17.5 Å². The third kappa shape index (κ3) is 9.81. The molecule has 0 fully saturated rings. The fraction of sp³-hybridized carbons (Fsp3) is 0.429. The van der Waals surface area contributed by atoms with E-state index in [2.05, 4.69) is 53.7 Å². The lowest BCUT2D eigenvalue weighted by atomic mass is 9.73. The molecular weight excluding hydrogens is 633 g/mol. The molecule has 266 valence electrons. The first-order valence-electron chi connectivity index (χ1n) is 17.1. The van der Waals surface area contributed by atoms with Gasteiger partial charge in [0.1, 0.15) is 22.1 Å². The van der Waals surface area contributed by atoms with E-state index >= 15 is 0 Å². The van der Waals surface area contributed by atoms with Gasteiger partial charge in [0.05, 0.1) is 0 Å². The number of benzene rings is 4. The van der Waals surface area contributed by atoms with Crippen molar-refractivity contribution in [1.29, 1.82) is 0 Å². The molecule has 2 atom stereocenters. The van der Waals surface area contributed by atoms with E-state index in [-0.39, 0.29) is 33.5 Å². The molecule has 2 unspecified atom stereocenters. The average molecular weight is 689 g/mol. The number of rotatable bonds is 9. The largest absolute Gasteiger partial charge is 0.507 e. The predicted octanol–water partition coefficient (Wildman–Crippen LogP) is 10.6. The number of aromatic hydroxyl groups is 4. The Hall–Kier alpha value is -3.97. The molecule has 4 rings (SSSR count). The monoisotopic (exact) mass is 688 g/mol. The summed E-state index contributed by atoms with van der Waals surface area (Å²) in [7, 11) is 0. The highest BCUT2D eigenvalue weighted by Gasteiger charge is 2.29. The van der Waals surface area contributed by atoms with Gasteiger partial charge in [0.25, 0.3) is 0 Å². The number of phenols is 4. The fourth-order valence-electron chi connectivity index (χ4n) is 6.16. The van der Waals surface area contributed by atoms with E-state index in [9.17, 15) is 24.6 Å². The minimum Gasteiger partial charge on any atom is -0.507 e. The highest BCUT2D eigenvalue weighted by atomic mass is 32.2. The molecule has 4 N–H and O–H groups in total. The van der Waals surface area contributed by atoms with E-state index in [0.29, 0.717) is 29.4 Å². The van der Waals surface area contributed by atoms with Gasteiger partial charge in [-0.1, -0.05) is 88.6 Å².